The Kier molecular flexibility index (Phi) is 6.82. The molecular formula is C26H24N2O3S. The average Bonchev–Trinajstić information content (AvgIpc) is 3.26. The molecule has 2 aromatic heterocycles. The minimum Gasteiger partial charge on any atom is -0.463 e. The number of nitrogens with two attached hydrogens (primary N) is 1. The molecular weight excluding hydrogens is 420 g/mol. The van der Waals surface area contributed by atoms with Gasteiger partial charge in [0.1, 0.15) is 17.3 Å². The second kappa shape index (κ2) is 10.1. The number of anilines is 1. The van der Waals surface area contributed by atoms with Crippen LogP contribution < -0.4 is 10.5 Å². The molecule has 0 saturated heterocycles. The van der Waals surface area contributed by atoms with Gasteiger partial charge in [-0.05, 0) is 47.7 Å². The fourth-order valence-electron chi connectivity index (χ4n) is 3.27. The quantitative estimate of drug-likeness (QED) is 0.186. The highest BCUT2D eigenvalue weighted by molar-refractivity contribution is 7.18. The summed E-state index contributed by atoms with van der Waals surface area (Å²) >= 11 is 1.57. The van der Waals surface area contributed by atoms with Crippen molar-refractivity contribution in [2.45, 2.75) is 19.8 Å². The fraction of sp³-hybridized carbons (Fsp3) is 0.154. The number of thiophene rings is 1. The summed E-state index contributed by atoms with van der Waals surface area (Å²) in [5.41, 5.74) is 9.09. The van der Waals surface area contributed by atoms with Gasteiger partial charge >= 0.3 is 5.97 Å². The van der Waals surface area contributed by atoms with E-state index in [-0.39, 0.29) is 5.97 Å². The Hall–Kier alpha value is -3.64. The van der Waals surface area contributed by atoms with Crippen LogP contribution >= 0.6 is 11.3 Å². The number of para-hydroxylation sites is 1. The van der Waals surface area contributed by atoms with Crippen LogP contribution in [0.15, 0.2) is 72.3 Å². The maximum Gasteiger partial charge on any atom is 0.330 e. The summed E-state index contributed by atoms with van der Waals surface area (Å²) in [6.45, 7) is 2.49. The number of esters is 1. The molecule has 0 bridgehead atoms. The molecule has 0 spiro atoms. The molecule has 0 aliphatic carbocycles. The molecule has 0 aliphatic heterocycles. The van der Waals surface area contributed by atoms with Gasteiger partial charge in [0.2, 0.25) is 0 Å². The van der Waals surface area contributed by atoms with Crippen molar-refractivity contribution in [1.29, 1.82) is 0 Å². The molecule has 6 heteroatoms. The average molecular weight is 445 g/mol. The van der Waals surface area contributed by atoms with Gasteiger partial charge in [-0.3, -0.25) is 0 Å². The first-order valence-corrected chi connectivity index (χ1v) is 11.4. The molecule has 2 aromatic carbocycles. The molecule has 0 fully saturated rings. The van der Waals surface area contributed by atoms with E-state index in [0.29, 0.717) is 12.4 Å². The zero-order chi connectivity index (χ0) is 22.3. The normalized spacial score (nSPS) is 11.2. The maximum atomic E-state index is 11.9. The Labute approximate surface area is 191 Å². The van der Waals surface area contributed by atoms with Gasteiger partial charge in [0.05, 0.1) is 6.61 Å². The van der Waals surface area contributed by atoms with E-state index in [1.54, 1.807) is 23.6 Å². The van der Waals surface area contributed by atoms with Crippen LogP contribution in [0.5, 0.6) is 11.5 Å². The van der Waals surface area contributed by atoms with Gasteiger partial charge in [-0.25, -0.2) is 9.78 Å². The summed E-state index contributed by atoms with van der Waals surface area (Å²) in [5.74, 6) is 1.66. The van der Waals surface area contributed by atoms with E-state index >= 15 is 0 Å². The Morgan fingerprint density at radius 3 is 2.59 bits per heavy atom. The number of rotatable bonds is 8. The number of pyridine rings is 1. The number of unbranched alkanes of at least 4 members (excludes halogenated alkanes) is 1. The molecule has 2 heterocycles. The van der Waals surface area contributed by atoms with E-state index in [0.717, 1.165) is 51.1 Å². The van der Waals surface area contributed by atoms with Crippen molar-refractivity contribution < 1.29 is 14.3 Å². The highest BCUT2D eigenvalue weighted by atomic mass is 32.1. The van der Waals surface area contributed by atoms with Gasteiger partial charge in [-0.2, -0.15) is 0 Å². The van der Waals surface area contributed by atoms with E-state index in [9.17, 15) is 4.79 Å². The molecule has 5 nitrogen and oxygen atoms in total. The number of hydrogen-bond acceptors (Lipinski definition) is 6. The lowest BCUT2D eigenvalue weighted by atomic mass is 10.0. The van der Waals surface area contributed by atoms with Gasteiger partial charge in [-0.15, -0.1) is 11.3 Å². The second-order valence-corrected chi connectivity index (χ2v) is 8.13. The highest BCUT2D eigenvalue weighted by Crippen LogP contribution is 2.39. The third-order valence-corrected chi connectivity index (χ3v) is 5.97. The number of nitrogens with zero attached hydrogens (tertiary/aromatic N) is 1. The molecule has 0 aliphatic rings. The molecule has 4 rings (SSSR count). The van der Waals surface area contributed by atoms with E-state index in [2.05, 4.69) is 17.3 Å². The standard InChI is InChI=1S/C26H24N2O3S/c1-2-3-15-30-23(29)14-11-19-16-28-26(27)24-22(17-32-25(19)24)18-9-12-21(13-10-18)31-20-7-5-4-6-8-20/h4-14,16-17H,2-3,15H2,1H3,(H2,27,28). The lowest BCUT2D eigenvalue weighted by Gasteiger charge is -2.07. The molecule has 4 aromatic rings. The van der Waals surface area contributed by atoms with E-state index in [1.807, 2.05) is 54.6 Å². The lowest BCUT2D eigenvalue weighted by molar-refractivity contribution is -0.137. The number of nitrogen functional groups attached to an aromatic ring is 1. The van der Waals surface area contributed by atoms with Crippen molar-refractivity contribution >= 4 is 39.3 Å². The monoisotopic (exact) mass is 444 g/mol. The van der Waals surface area contributed by atoms with Gasteiger partial charge in [0.15, 0.2) is 0 Å². The second-order valence-electron chi connectivity index (χ2n) is 7.25. The molecule has 0 saturated carbocycles. The Morgan fingerprint density at radius 2 is 1.84 bits per heavy atom. The van der Waals surface area contributed by atoms with E-state index < -0.39 is 0 Å². The number of ether oxygens (including phenoxy) is 2. The zero-order valence-corrected chi connectivity index (χ0v) is 18.6. The summed E-state index contributed by atoms with van der Waals surface area (Å²) in [5, 5.41) is 2.94. The van der Waals surface area contributed by atoms with Crippen LogP contribution in [0.4, 0.5) is 5.82 Å². The van der Waals surface area contributed by atoms with Crippen molar-refractivity contribution in [3.63, 3.8) is 0 Å². The third kappa shape index (κ3) is 4.98. The first-order valence-electron chi connectivity index (χ1n) is 10.5. The van der Waals surface area contributed by atoms with Crippen molar-refractivity contribution in [1.82, 2.24) is 4.98 Å². The van der Waals surface area contributed by atoms with Gasteiger partial charge in [0, 0.05) is 33.5 Å². The SMILES string of the molecule is CCCCOC(=O)C=Cc1cnc(N)c2c(-c3ccc(Oc4ccccc4)cc3)csc12. The van der Waals surface area contributed by atoms with Gasteiger partial charge in [0.25, 0.3) is 0 Å². The van der Waals surface area contributed by atoms with Crippen LogP contribution in [0, 0.1) is 0 Å². The Bertz CT molecular complexity index is 1230. The van der Waals surface area contributed by atoms with Crippen molar-refractivity contribution in [2.24, 2.45) is 0 Å². The van der Waals surface area contributed by atoms with Crippen molar-refractivity contribution in [3.8, 4) is 22.6 Å². The van der Waals surface area contributed by atoms with Gasteiger partial charge < -0.3 is 15.2 Å². The van der Waals surface area contributed by atoms with Crippen LogP contribution in [-0.4, -0.2) is 17.6 Å². The van der Waals surface area contributed by atoms with Crippen LogP contribution in [0.25, 0.3) is 27.3 Å². The summed E-state index contributed by atoms with van der Waals surface area (Å²) in [4.78, 5) is 16.3. The molecule has 32 heavy (non-hydrogen) atoms. The van der Waals surface area contributed by atoms with Crippen molar-refractivity contribution in [3.05, 3.63) is 77.8 Å². The molecule has 2 N–H and O–H groups in total. The van der Waals surface area contributed by atoms with Crippen molar-refractivity contribution in [2.75, 3.05) is 12.3 Å². The smallest absolute Gasteiger partial charge is 0.330 e. The van der Waals surface area contributed by atoms with Crippen LogP contribution in [0.1, 0.15) is 25.3 Å². The van der Waals surface area contributed by atoms with E-state index in [1.165, 1.54) is 6.08 Å². The summed E-state index contributed by atoms with van der Waals surface area (Å²) < 4.78 is 12.1. The summed E-state index contributed by atoms with van der Waals surface area (Å²) in [6, 6.07) is 17.6. The van der Waals surface area contributed by atoms with Gasteiger partial charge in [-0.1, -0.05) is 43.7 Å². The lowest BCUT2D eigenvalue weighted by Crippen LogP contribution is -2.01. The zero-order valence-electron chi connectivity index (χ0n) is 17.8. The summed E-state index contributed by atoms with van der Waals surface area (Å²) in [7, 11) is 0. The first-order chi connectivity index (χ1) is 15.7. The number of fused-ring (bicyclic) bond motifs is 1. The van der Waals surface area contributed by atoms with E-state index in [4.69, 9.17) is 15.2 Å². The fourth-order valence-corrected chi connectivity index (χ4v) is 4.35. The third-order valence-electron chi connectivity index (χ3n) is 4.94. The number of hydrogen-bond donors (Lipinski definition) is 1. The van der Waals surface area contributed by atoms with Crippen LogP contribution in [-0.2, 0) is 9.53 Å². The molecule has 0 atom stereocenters. The minimum absolute atomic E-state index is 0.353. The Balaban J connectivity index is 1.58. The Morgan fingerprint density at radius 1 is 1.09 bits per heavy atom. The number of carbonyl (C=O) groups excluding carboxylic acids is 1. The predicted molar refractivity (Wildman–Crippen MR) is 131 cm³/mol. The largest absolute Gasteiger partial charge is 0.463 e. The molecule has 0 amide bonds. The molecule has 0 radical (unpaired) electrons. The number of aromatic nitrogens is 1. The highest BCUT2D eigenvalue weighted by Gasteiger charge is 2.13. The molecule has 0 unspecified atom stereocenters. The molecule has 162 valence electrons. The number of benzene rings is 2. The topological polar surface area (TPSA) is 74.4 Å². The van der Waals surface area contributed by atoms with Crippen LogP contribution in [0.3, 0.4) is 0 Å². The van der Waals surface area contributed by atoms with Crippen LogP contribution in [0.2, 0.25) is 0 Å². The predicted octanol–water partition coefficient (Wildman–Crippen LogP) is 6.69. The maximum absolute atomic E-state index is 11.9. The first kappa shape index (κ1) is 21.6. The number of carbonyl (C=O) groups is 1. The minimum atomic E-state index is -0.353. The summed E-state index contributed by atoms with van der Waals surface area (Å²) in [6.07, 6.45) is 6.70.